The molecular formula is C15H29N3O. The number of nitrogens with zero attached hydrogens (tertiary/aromatic N) is 1. The highest BCUT2D eigenvalue weighted by atomic mass is 16.1. The third-order valence-corrected chi connectivity index (χ3v) is 4.75. The minimum absolute atomic E-state index is 0.209. The largest absolute Gasteiger partial charge is 0.353 e. The van der Waals surface area contributed by atoms with Crippen LogP contribution in [0.4, 0.5) is 0 Å². The molecule has 3 atom stereocenters. The van der Waals surface area contributed by atoms with Crippen molar-refractivity contribution in [1.29, 1.82) is 0 Å². The summed E-state index contributed by atoms with van der Waals surface area (Å²) in [5.74, 6) is 0.209. The maximum Gasteiger partial charge on any atom is 0.221 e. The third-order valence-electron chi connectivity index (χ3n) is 4.75. The molecule has 2 saturated heterocycles. The Balaban J connectivity index is 1.78. The number of hydrogen-bond donors (Lipinski definition) is 2. The Morgan fingerprint density at radius 1 is 1.32 bits per heavy atom. The fourth-order valence-corrected chi connectivity index (χ4v) is 3.72. The van der Waals surface area contributed by atoms with E-state index >= 15 is 0 Å². The van der Waals surface area contributed by atoms with E-state index in [-0.39, 0.29) is 11.9 Å². The molecule has 0 aromatic heterocycles. The summed E-state index contributed by atoms with van der Waals surface area (Å²) >= 11 is 0. The molecule has 0 aliphatic carbocycles. The second kappa shape index (κ2) is 6.71. The maximum absolute atomic E-state index is 12.0. The lowest BCUT2D eigenvalue weighted by Crippen LogP contribution is -2.55. The van der Waals surface area contributed by atoms with Gasteiger partial charge in [-0.05, 0) is 46.2 Å². The first-order valence-corrected chi connectivity index (χ1v) is 7.84. The van der Waals surface area contributed by atoms with Crippen molar-refractivity contribution in [3.8, 4) is 0 Å². The number of rotatable bonds is 5. The van der Waals surface area contributed by atoms with E-state index in [9.17, 15) is 4.79 Å². The predicted molar refractivity (Wildman–Crippen MR) is 78.1 cm³/mol. The van der Waals surface area contributed by atoms with Gasteiger partial charge in [0.05, 0.1) is 0 Å². The van der Waals surface area contributed by atoms with Gasteiger partial charge in [-0.15, -0.1) is 0 Å². The molecule has 1 amide bonds. The van der Waals surface area contributed by atoms with Crippen LogP contribution >= 0.6 is 0 Å². The first-order valence-electron chi connectivity index (χ1n) is 7.84. The van der Waals surface area contributed by atoms with E-state index in [0.717, 1.165) is 19.4 Å². The zero-order valence-corrected chi connectivity index (χ0v) is 12.6. The molecule has 0 radical (unpaired) electrons. The summed E-state index contributed by atoms with van der Waals surface area (Å²) in [7, 11) is 2.25. The molecule has 0 spiro atoms. The predicted octanol–water partition coefficient (Wildman–Crippen LogP) is 1.51. The highest BCUT2D eigenvalue weighted by molar-refractivity contribution is 5.76. The molecule has 19 heavy (non-hydrogen) atoms. The van der Waals surface area contributed by atoms with Crippen LogP contribution < -0.4 is 10.6 Å². The molecule has 2 aliphatic rings. The fraction of sp³-hybridized carbons (Fsp3) is 0.933. The molecule has 2 heterocycles. The summed E-state index contributed by atoms with van der Waals surface area (Å²) in [5.41, 5.74) is 0. The molecule has 0 saturated carbocycles. The van der Waals surface area contributed by atoms with Gasteiger partial charge in [0, 0.05) is 30.6 Å². The van der Waals surface area contributed by atoms with Gasteiger partial charge in [0.2, 0.25) is 5.91 Å². The molecule has 2 bridgehead atoms. The van der Waals surface area contributed by atoms with E-state index in [1.165, 1.54) is 19.3 Å². The minimum Gasteiger partial charge on any atom is -0.353 e. The smallest absolute Gasteiger partial charge is 0.221 e. The molecule has 4 nitrogen and oxygen atoms in total. The number of carbonyl (C=O) groups excluding carboxylic acids is 1. The molecule has 0 aromatic rings. The lowest BCUT2D eigenvalue weighted by atomic mass is 9.82. The number of amides is 1. The Bertz CT molecular complexity index is 294. The van der Waals surface area contributed by atoms with Gasteiger partial charge < -0.3 is 15.5 Å². The molecule has 4 heteroatoms. The number of piperidine rings is 2. The van der Waals surface area contributed by atoms with Crippen molar-refractivity contribution < 1.29 is 4.79 Å². The molecule has 2 N–H and O–H groups in total. The first kappa shape index (κ1) is 14.8. The second-order valence-corrected chi connectivity index (χ2v) is 6.30. The summed E-state index contributed by atoms with van der Waals surface area (Å²) < 4.78 is 0. The average Bonchev–Trinajstić information content (AvgIpc) is 2.30. The van der Waals surface area contributed by atoms with Gasteiger partial charge in [0.1, 0.15) is 0 Å². The summed E-state index contributed by atoms with van der Waals surface area (Å²) in [4.78, 5) is 14.6. The van der Waals surface area contributed by atoms with E-state index in [0.29, 0.717) is 24.5 Å². The van der Waals surface area contributed by atoms with E-state index in [2.05, 4.69) is 36.4 Å². The Kier molecular flexibility index (Phi) is 5.22. The van der Waals surface area contributed by atoms with E-state index in [1.54, 1.807) is 0 Å². The van der Waals surface area contributed by atoms with Crippen molar-refractivity contribution in [2.45, 2.75) is 76.5 Å². The van der Waals surface area contributed by atoms with Crippen LogP contribution in [0.1, 0.15) is 52.4 Å². The Morgan fingerprint density at radius 2 is 1.95 bits per heavy atom. The number of fused-ring (bicyclic) bond motifs is 2. The van der Waals surface area contributed by atoms with Crippen LogP contribution in [0.15, 0.2) is 0 Å². The van der Waals surface area contributed by atoms with Crippen molar-refractivity contribution in [1.82, 2.24) is 15.5 Å². The highest BCUT2D eigenvalue weighted by Gasteiger charge is 2.36. The summed E-state index contributed by atoms with van der Waals surface area (Å²) in [5, 5.41) is 6.54. The fourth-order valence-electron chi connectivity index (χ4n) is 3.72. The lowest BCUT2D eigenvalue weighted by molar-refractivity contribution is -0.123. The van der Waals surface area contributed by atoms with Crippen molar-refractivity contribution in [2.24, 2.45) is 0 Å². The van der Waals surface area contributed by atoms with Crippen LogP contribution in [0.25, 0.3) is 0 Å². The van der Waals surface area contributed by atoms with Crippen molar-refractivity contribution >= 4 is 5.91 Å². The van der Waals surface area contributed by atoms with Gasteiger partial charge in [-0.25, -0.2) is 0 Å². The van der Waals surface area contributed by atoms with Gasteiger partial charge >= 0.3 is 0 Å². The van der Waals surface area contributed by atoms with Crippen molar-refractivity contribution in [3.05, 3.63) is 0 Å². The van der Waals surface area contributed by atoms with Crippen LogP contribution in [0.5, 0.6) is 0 Å². The molecular weight excluding hydrogens is 238 g/mol. The van der Waals surface area contributed by atoms with Gasteiger partial charge in [-0.3, -0.25) is 4.79 Å². The quantitative estimate of drug-likeness (QED) is 0.793. The standard InChI is InChI=1S/C15H29N3O/c1-4-16-11(2)8-15(19)17-12-9-13-6-5-7-14(10-12)18(13)3/h11-14,16H,4-10H2,1-3H3,(H,17,19). The van der Waals surface area contributed by atoms with Crippen LogP contribution in [0.3, 0.4) is 0 Å². The van der Waals surface area contributed by atoms with Crippen LogP contribution in [0.2, 0.25) is 0 Å². The summed E-state index contributed by atoms with van der Waals surface area (Å²) in [6, 6.07) is 2.04. The molecule has 2 fully saturated rings. The second-order valence-electron chi connectivity index (χ2n) is 6.30. The zero-order chi connectivity index (χ0) is 13.8. The van der Waals surface area contributed by atoms with Gasteiger partial charge in [-0.1, -0.05) is 13.3 Å². The molecule has 0 aromatic carbocycles. The van der Waals surface area contributed by atoms with Crippen molar-refractivity contribution in [2.75, 3.05) is 13.6 Å². The van der Waals surface area contributed by atoms with Crippen molar-refractivity contribution in [3.63, 3.8) is 0 Å². The van der Waals surface area contributed by atoms with Crippen LogP contribution in [0, 0.1) is 0 Å². The van der Waals surface area contributed by atoms with E-state index in [1.807, 2.05) is 0 Å². The van der Waals surface area contributed by atoms with Crippen LogP contribution in [-0.4, -0.2) is 48.6 Å². The number of hydrogen-bond acceptors (Lipinski definition) is 3. The Morgan fingerprint density at radius 3 is 2.53 bits per heavy atom. The number of carbonyl (C=O) groups is 1. The van der Waals surface area contributed by atoms with Gasteiger partial charge in [0.25, 0.3) is 0 Å². The van der Waals surface area contributed by atoms with E-state index < -0.39 is 0 Å². The summed E-state index contributed by atoms with van der Waals surface area (Å²) in [6.45, 7) is 5.08. The molecule has 110 valence electrons. The van der Waals surface area contributed by atoms with Gasteiger partial charge in [-0.2, -0.15) is 0 Å². The molecule has 2 rings (SSSR count). The molecule has 2 aliphatic heterocycles. The average molecular weight is 267 g/mol. The Hall–Kier alpha value is -0.610. The summed E-state index contributed by atoms with van der Waals surface area (Å²) in [6.07, 6.45) is 6.82. The monoisotopic (exact) mass is 267 g/mol. The van der Waals surface area contributed by atoms with Gasteiger partial charge in [0.15, 0.2) is 0 Å². The first-order chi connectivity index (χ1) is 9.10. The van der Waals surface area contributed by atoms with Crippen LogP contribution in [-0.2, 0) is 4.79 Å². The molecule has 3 unspecified atom stereocenters. The Labute approximate surface area is 117 Å². The SMILES string of the molecule is CCNC(C)CC(=O)NC1CC2CCCC(C1)N2C. The lowest BCUT2D eigenvalue weighted by Gasteiger charge is -2.47. The van der Waals surface area contributed by atoms with E-state index in [4.69, 9.17) is 0 Å². The minimum atomic E-state index is 0.209. The third kappa shape index (κ3) is 3.93. The zero-order valence-electron chi connectivity index (χ0n) is 12.6. The topological polar surface area (TPSA) is 44.4 Å². The number of nitrogens with one attached hydrogen (secondary N) is 2. The maximum atomic E-state index is 12.0. The highest BCUT2D eigenvalue weighted by Crippen LogP contribution is 2.32. The normalized spacial score (nSPS) is 32.9.